The summed E-state index contributed by atoms with van der Waals surface area (Å²) in [4.78, 5) is 12.5. The molecule has 11 heteroatoms. The van der Waals surface area contributed by atoms with E-state index in [1.54, 1.807) is 49.4 Å². The van der Waals surface area contributed by atoms with E-state index in [1.165, 1.54) is 6.07 Å². The van der Waals surface area contributed by atoms with E-state index in [2.05, 4.69) is 5.10 Å². The van der Waals surface area contributed by atoms with Gasteiger partial charge in [-0.25, -0.2) is 13.1 Å². The monoisotopic (exact) mass is 531 g/mol. The number of hydrogen-bond donors (Lipinski definition) is 2. The van der Waals surface area contributed by atoms with Crippen LogP contribution in [0.2, 0.25) is 0 Å². The van der Waals surface area contributed by atoms with Crippen LogP contribution in [0, 0.1) is 6.92 Å². The van der Waals surface area contributed by atoms with Crippen molar-refractivity contribution in [3.63, 3.8) is 0 Å². The van der Waals surface area contributed by atoms with Gasteiger partial charge in [-0.05, 0) is 43.5 Å². The summed E-state index contributed by atoms with van der Waals surface area (Å²) in [6.07, 6.45) is 5.02. The Morgan fingerprint density at radius 1 is 1.19 bits per heavy atom. The van der Waals surface area contributed by atoms with Crippen LogP contribution in [0.4, 0.5) is 0 Å². The Morgan fingerprint density at radius 3 is 2.43 bits per heavy atom. The van der Waals surface area contributed by atoms with Gasteiger partial charge < -0.3 is 19.3 Å². The van der Waals surface area contributed by atoms with Crippen molar-refractivity contribution in [2.45, 2.75) is 57.5 Å². The molecule has 1 heterocycles. The van der Waals surface area contributed by atoms with Gasteiger partial charge in [-0.2, -0.15) is 5.10 Å². The number of benzene rings is 2. The number of carbonyl (C=O) groups is 1. The highest BCUT2D eigenvalue weighted by Crippen LogP contribution is 2.35. The van der Waals surface area contributed by atoms with E-state index in [-0.39, 0.29) is 18.2 Å². The summed E-state index contributed by atoms with van der Waals surface area (Å²) >= 11 is 0. The van der Waals surface area contributed by atoms with Crippen molar-refractivity contribution >= 4 is 26.8 Å². The maximum Gasteiger partial charge on any atom is 0.266 e. The molecule has 0 spiro atoms. The number of aliphatic hydroxyl groups is 1. The molecule has 2 aromatic carbocycles. The summed E-state index contributed by atoms with van der Waals surface area (Å²) in [5.41, 5.74) is 1.92. The molecule has 0 aliphatic heterocycles. The Kier molecular flexibility index (Phi) is 8.05. The van der Waals surface area contributed by atoms with Gasteiger partial charge in [0.25, 0.3) is 5.91 Å². The highest BCUT2D eigenvalue weighted by Gasteiger charge is 2.29. The van der Waals surface area contributed by atoms with Crippen molar-refractivity contribution in [3.8, 4) is 11.5 Å². The molecule has 0 bridgehead atoms. The number of hydrogen-bond acceptors (Lipinski definition) is 8. The molecule has 3 aromatic rings. The molecule has 1 aliphatic carbocycles. The van der Waals surface area contributed by atoms with E-state index >= 15 is 0 Å². The van der Waals surface area contributed by atoms with Gasteiger partial charge in [-0.3, -0.25) is 9.48 Å². The number of aliphatic hydroxyl groups excluding tert-OH is 1. The maximum absolute atomic E-state index is 12.5. The first-order chi connectivity index (χ1) is 17.6. The molecule has 200 valence electrons. The van der Waals surface area contributed by atoms with Crippen molar-refractivity contribution < 1.29 is 32.5 Å². The van der Waals surface area contributed by atoms with Crippen LogP contribution in [0.15, 0.2) is 36.5 Å². The van der Waals surface area contributed by atoms with Gasteiger partial charge >= 0.3 is 0 Å². The Bertz CT molecular complexity index is 1360. The molecule has 2 N–H and O–H groups in total. The molecule has 0 saturated heterocycles. The van der Waals surface area contributed by atoms with Gasteiger partial charge in [-0.1, -0.05) is 25.0 Å². The first kappa shape index (κ1) is 26.9. The molecule has 1 aliphatic rings. The van der Waals surface area contributed by atoms with Crippen LogP contribution in [0.1, 0.15) is 53.3 Å². The van der Waals surface area contributed by atoms with Crippen LogP contribution < -0.4 is 14.2 Å². The lowest BCUT2D eigenvalue weighted by molar-refractivity contribution is -0.0845. The zero-order chi connectivity index (χ0) is 26.7. The van der Waals surface area contributed by atoms with Crippen molar-refractivity contribution in [1.29, 1.82) is 0 Å². The number of carbonyl (C=O) groups excluding carboxylic acids is 1. The van der Waals surface area contributed by atoms with E-state index in [0.29, 0.717) is 28.0 Å². The second-order valence-electron chi connectivity index (χ2n) is 9.37. The molecule has 0 radical (unpaired) electrons. The highest BCUT2D eigenvalue weighted by molar-refractivity contribution is 7.89. The minimum atomic E-state index is -3.73. The molecule has 4 rings (SSSR count). The fourth-order valence-electron chi connectivity index (χ4n) is 4.76. The zero-order valence-electron chi connectivity index (χ0n) is 21.4. The SMILES string of the molecule is COc1cc([C@@H](O)[C@H](Cn2cc3cccc(C(=O)NS(C)(=O)=O)c3n2)OC2CCCC2)cc(OC)c1C. The van der Waals surface area contributed by atoms with Gasteiger partial charge in [-0.15, -0.1) is 0 Å². The standard InChI is InChI=1S/C26H33N3O7S/c1-16-21(34-2)12-18(13-22(16)35-3)25(30)23(36-19-9-5-6-10-19)15-29-14-17-8-7-11-20(24(17)27-29)26(31)28-37(4,32)33/h7-8,11-14,19,23,25,30H,5-6,9-10,15H2,1-4H3,(H,28,31)/t23-,25+/m0/s1. The molecule has 1 fully saturated rings. The average molecular weight is 532 g/mol. The van der Waals surface area contributed by atoms with E-state index in [4.69, 9.17) is 14.2 Å². The predicted octanol–water partition coefficient (Wildman–Crippen LogP) is 3.11. The third-order valence-electron chi connectivity index (χ3n) is 6.61. The molecule has 1 saturated carbocycles. The predicted molar refractivity (Wildman–Crippen MR) is 138 cm³/mol. The smallest absolute Gasteiger partial charge is 0.266 e. The number of amides is 1. The Balaban J connectivity index is 1.67. The first-order valence-corrected chi connectivity index (χ1v) is 14.0. The van der Waals surface area contributed by atoms with Crippen LogP contribution in [0.5, 0.6) is 11.5 Å². The Labute approximate surface area is 216 Å². The fourth-order valence-corrected chi connectivity index (χ4v) is 5.21. The van der Waals surface area contributed by atoms with E-state index in [1.807, 2.05) is 11.6 Å². The minimum absolute atomic E-state index is 0.0231. The molecule has 1 amide bonds. The number of nitrogens with zero attached hydrogens (tertiary/aromatic N) is 2. The second kappa shape index (κ2) is 11.1. The van der Waals surface area contributed by atoms with Gasteiger partial charge in [0.2, 0.25) is 10.0 Å². The summed E-state index contributed by atoms with van der Waals surface area (Å²) in [7, 11) is -0.597. The average Bonchev–Trinajstić information content (AvgIpc) is 3.51. The molecule has 37 heavy (non-hydrogen) atoms. The Hall–Kier alpha value is -3.15. The first-order valence-electron chi connectivity index (χ1n) is 12.1. The number of rotatable bonds is 10. The number of sulfonamides is 1. The summed E-state index contributed by atoms with van der Waals surface area (Å²) in [6, 6.07) is 8.53. The van der Waals surface area contributed by atoms with E-state index < -0.39 is 28.1 Å². The topological polar surface area (TPSA) is 129 Å². The molecule has 1 aromatic heterocycles. The van der Waals surface area contributed by atoms with Crippen molar-refractivity contribution in [3.05, 3.63) is 53.2 Å². The summed E-state index contributed by atoms with van der Waals surface area (Å²) in [6.45, 7) is 2.09. The fraction of sp³-hybridized carbons (Fsp3) is 0.462. The normalized spacial score (nSPS) is 16.0. The summed E-state index contributed by atoms with van der Waals surface area (Å²) < 4.78 is 44.1. The van der Waals surface area contributed by atoms with Crippen LogP contribution in [-0.4, -0.2) is 61.9 Å². The summed E-state index contributed by atoms with van der Waals surface area (Å²) in [5, 5.41) is 16.7. The number of methoxy groups -OCH3 is 2. The van der Waals surface area contributed by atoms with Gasteiger partial charge in [0.15, 0.2) is 0 Å². The molecule has 2 atom stereocenters. The molecule has 10 nitrogen and oxygen atoms in total. The zero-order valence-corrected chi connectivity index (χ0v) is 22.2. The second-order valence-corrected chi connectivity index (χ2v) is 11.1. The van der Waals surface area contributed by atoms with Gasteiger partial charge in [0, 0.05) is 17.1 Å². The summed E-state index contributed by atoms with van der Waals surface area (Å²) in [5.74, 6) is 0.440. The van der Waals surface area contributed by atoms with E-state index in [0.717, 1.165) is 37.5 Å². The third-order valence-corrected chi connectivity index (χ3v) is 7.17. The van der Waals surface area contributed by atoms with Gasteiger partial charge in [0.05, 0.1) is 38.7 Å². The van der Waals surface area contributed by atoms with E-state index in [9.17, 15) is 18.3 Å². The largest absolute Gasteiger partial charge is 0.496 e. The lowest BCUT2D eigenvalue weighted by Crippen LogP contribution is -2.31. The van der Waals surface area contributed by atoms with Crippen LogP contribution in [0.25, 0.3) is 10.9 Å². The molecule has 0 unspecified atom stereocenters. The minimum Gasteiger partial charge on any atom is -0.496 e. The lowest BCUT2D eigenvalue weighted by Gasteiger charge is -2.27. The highest BCUT2D eigenvalue weighted by atomic mass is 32.2. The van der Waals surface area contributed by atoms with Crippen LogP contribution >= 0.6 is 0 Å². The molecular weight excluding hydrogens is 498 g/mol. The number of nitrogens with one attached hydrogen (secondary N) is 1. The van der Waals surface area contributed by atoms with Crippen molar-refractivity contribution in [2.75, 3.05) is 20.5 Å². The number of fused-ring (bicyclic) bond motifs is 1. The van der Waals surface area contributed by atoms with Gasteiger partial charge in [0.1, 0.15) is 29.2 Å². The lowest BCUT2D eigenvalue weighted by atomic mass is 10.0. The van der Waals surface area contributed by atoms with Crippen LogP contribution in [-0.2, 0) is 21.3 Å². The molecular formula is C26H33N3O7S. The quantitative estimate of drug-likeness (QED) is 0.408. The third kappa shape index (κ3) is 6.23. The number of ether oxygens (including phenoxy) is 3. The van der Waals surface area contributed by atoms with Crippen molar-refractivity contribution in [2.24, 2.45) is 0 Å². The maximum atomic E-state index is 12.5. The number of aromatic nitrogens is 2. The van der Waals surface area contributed by atoms with Crippen molar-refractivity contribution in [1.82, 2.24) is 14.5 Å². The Morgan fingerprint density at radius 2 is 1.84 bits per heavy atom. The van der Waals surface area contributed by atoms with Crippen LogP contribution in [0.3, 0.4) is 0 Å².